The minimum Gasteiger partial charge on any atom is -0.478 e. The standard InChI is InChI=1S/C11H14O2.C2H6/c1-7(2)10-6-8(3)4-5-9(10)11(12)13;1-2/h4-7H,1-3H3,(H,12,13);1-2H3. The van der Waals surface area contributed by atoms with Gasteiger partial charge in [-0.2, -0.15) is 0 Å². The van der Waals surface area contributed by atoms with E-state index in [9.17, 15) is 4.79 Å². The van der Waals surface area contributed by atoms with E-state index in [4.69, 9.17) is 5.11 Å². The quantitative estimate of drug-likeness (QED) is 0.801. The monoisotopic (exact) mass is 208 g/mol. The molecular weight excluding hydrogens is 188 g/mol. The van der Waals surface area contributed by atoms with E-state index in [2.05, 4.69) is 0 Å². The Kier molecular flexibility index (Phi) is 5.68. The average molecular weight is 208 g/mol. The lowest BCUT2D eigenvalue weighted by Gasteiger charge is -2.10. The second kappa shape index (κ2) is 6.23. The van der Waals surface area contributed by atoms with Gasteiger partial charge in [0.1, 0.15) is 0 Å². The summed E-state index contributed by atoms with van der Waals surface area (Å²) < 4.78 is 0. The summed E-state index contributed by atoms with van der Waals surface area (Å²) in [6, 6.07) is 5.44. The van der Waals surface area contributed by atoms with Gasteiger partial charge in [0.2, 0.25) is 0 Å². The van der Waals surface area contributed by atoms with Gasteiger partial charge in [-0.05, 0) is 24.5 Å². The molecule has 2 heteroatoms. The van der Waals surface area contributed by atoms with Crippen molar-refractivity contribution in [3.8, 4) is 0 Å². The lowest BCUT2D eigenvalue weighted by molar-refractivity contribution is 0.0695. The molecule has 0 heterocycles. The number of aromatic carboxylic acids is 1. The molecule has 0 aliphatic heterocycles. The fourth-order valence-electron chi connectivity index (χ4n) is 1.35. The van der Waals surface area contributed by atoms with Gasteiger partial charge >= 0.3 is 5.97 Å². The summed E-state index contributed by atoms with van der Waals surface area (Å²) in [7, 11) is 0. The molecule has 0 spiro atoms. The maximum Gasteiger partial charge on any atom is 0.335 e. The summed E-state index contributed by atoms with van der Waals surface area (Å²) in [5.74, 6) is -0.588. The molecule has 0 bridgehead atoms. The molecule has 15 heavy (non-hydrogen) atoms. The highest BCUT2D eigenvalue weighted by Crippen LogP contribution is 2.20. The van der Waals surface area contributed by atoms with Crippen molar-refractivity contribution in [2.24, 2.45) is 0 Å². The van der Waals surface area contributed by atoms with E-state index in [-0.39, 0.29) is 5.92 Å². The van der Waals surface area contributed by atoms with Crippen molar-refractivity contribution >= 4 is 5.97 Å². The van der Waals surface area contributed by atoms with Crippen LogP contribution in [0.25, 0.3) is 0 Å². The van der Waals surface area contributed by atoms with E-state index in [1.54, 1.807) is 6.07 Å². The van der Waals surface area contributed by atoms with Crippen molar-refractivity contribution in [2.45, 2.75) is 40.5 Å². The Bertz CT molecular complexity index is 327. The number of carboxylic acids is 1. The first kappa shape index (κ1) is 13.7. The van der Waals surface area contributed by atoms with Crippen molar-refractivity contribution < 1.29 is 9.90 Å². The van der Waals surface area contributed by atoms with Gasteiger partial charge in [0, 0.05) is 0 Å². The molecule has 0 saturated heterocycles. The normalized spacial score (nSPS) is 9.47. The fraction of sp³-hybridized carbons (Fsp3) is 0.462. The van der Waals surface area contributed by atoms with Crippen molar-refractivity contribution in [1.82, 2.24) is 0 Å². The summed E-state index contributed by atoms with van der Waals surface area (Å²) >= 11 is 0. The van der Waals surface area contributed by atoms with Crippen LogP contribution in [0.1, 0.15) is 55.1 Å². The molecule has 1 rings (SSSR count). The summed E-state index contributed by atoms with van der Waals surface area (Å²) in [6.07, 6.45) is 0. The third-order valence-corrected chi connectivity index (χ3v) is 2.06. The van der Waals surface area contributed by atoms with E-state index in [0.29, 0.717) is 5.56 Å². The van der Waals surface area contributed by atoms with Crippen molar-refractivity contribution in [3.63, 3.8) is 0 Å². The number of hydrogen-bond acceptors (Lipinski definition) is 1. The molecule has 0 unspecified atom stereocenters. The molecule has 2 nitrogen and oxygen atoms in total. The number of benzene rings is 1. The van der Waals surface area contributed by atoms with Crippen LogP contribution < -0.4 is 0 Å². The van der Waals surface area contributed by atoms with Gasteiger partial charge in [0.15, 0.2) is 0 Å². The average Bonchev–Trinajstić information content (AvgIpc) is 2.20. The van der Waals surface area contributed by atoms with Gasteiger partial charge in [-0.1, -0.05) is 45.4 Å². The van der Waals surface area contributed by atoms with Gasteiger partial charge in [0.25, 0.3) is 0 Å². The molecule has 0 aromatic heterocycles. The highest BCUT2D eigenvalue weighted by Gasteiger charge is 2.11. The van der Waals surface area contributed by atoms with Crippen molar-refractivity contribution in [2.75, 3.05) is 0 Å². The fourth-order valence-corrected chi connectivity index (χ4v) is 1.35. The van der Waals surface area contributed by atoms with E-state index in [0.717, 1.165) is 11.1 Å². The molecule has 0 aliphatic carbocycles. The molecule has 0 saturated carbocycles. The van der Waals surface area contributed by atoms with Crippen LogP contribution in [-0.2, 0) is 0 Å². The number of carbonyl (C=O) groups is 1. The van der Waals surface area contributed by atoms with Crippen LogP contribution in [0.5, 0.6) is 0 Å². The van der Waals surface area contributed by atoms with Crippen LogP contribution in [0.15, 0.2) is 18.2 Å². The molecule has 1 N–H and O–H groups in total. The lowest BCUT2D eigenvalue weighted by atomic mass is 9.95. The molecular formula is C13H20O2. The van der Waals surface area contributed by atoms with Crippen molar-refractivity contribution in [1.29, 1.82) is 0 Å². The zero-order chi connectivity index (χ0) is 12.0. The topological polar surface area (TPSA) is 37.3 Å². The zero-order valence-electron chi connectivity index (χ0n) is 10.2. The third-order valence-electron chi connectivity index (χ3n) is 2.06. The highest BCUT2D eigenvalue weighted by molar-refractivity contribution is 5.89. The van der Waals surface area contributed by atoms with Crippen LogP contribution >= 0.6 is 0 Å². The predicted octanol–water partition coefficient (Wildman–Crippen LogP) is 3.84. The summed E-state index contributed by atoms with van der Waals surface area (Å²) in [5.41, 5.74) is 2.43. The maximum atomic E-state index is 10.8. The molecule has 1 aromatic rings. The van der Waals surface area contributed by atoms with Crippen LogP contribution in [0.4, 0.5) is 0 Å². The first-order valence-electron chi connectivity index (χ1n) is 5.36. The zero-order valence-corrected chi connectivity index (χ0v) is 10.2. The number of aryl methyl sites for hydroxylation is 1. The van der Waals surface area contributed by atoms with Crippen LogP contribution in [-0.4, -0.2) is 11.1 Å². The SMILES string of the molecule is CC.Cc1ccc(C(=O)O)c(C(C)C)c1. The Balaban J connectivity index is 0.000000921. The summed E-state index contributed by atoms with van der Waals surface area (Å²) in [6.45, 7) is 9.97. The smallest absolute Gasteiger partial charge is 0.335 e. The first-order valence-corrected chi connectivity index (χ1v) is 5.36. The molecule has 0 fully saturated rings. The molecule has 0 aliphatic rings. The molecule has 84 valence electrons. The second-order valence-electron chi connectivity index (χ2n) is 3.55. The number of rotatable bonds is 2. The first-order chi connectivity index (χ1) is 7.02. The van der Waals surface area contributed by atoms with Crippen LogP contribution in [0, 0.1) is 6.92 Å². The van der Waals surface area contributed by atoms with Gasteiger partial charge < -0.3 is 5.11 Å². The molecule has 0 amide bonds. The number of carboxylic acid groups (broad SMARTS) is 1. The predicted molar refractivity (Wildman–Crippen MR) is 63.6 cm³/mol. The molecule has 1 aromatic carbocycles. The third kappa shape index (κ3) is 3.74. The second-order valence-corrected chi connectivity index (χ2v) is 3.55. The minimum absolute atomic E-state index is 0.256. The minimum atomic E-state index is -0.844. The van der Waals surface area contributed by atoms with Gasteiger partial charge in [-0.3, -0.25) is 0 Å². The van der Waals surface area contributed by atoms with Gasteiger partial charge in [-0.25, -0.2) is 4.79 Å². The Labute approximate surface area is 91.9 Å². The molecule has 0 radical (unpaired) electrons. The van der Waals surface area contributed by atoms with Crippen LogP contribution in [0.3, 0.4) is 0 Å². The Morgan fingerprint density at radius 2 is 1.80 bits per heavy atom. The Hall–Kier alpha value is -1.31. The van der Waals surface area contributed by atoms with E-state index < -0.39 is 5.97 Å². The summed E-state index contributed by atoms with van der Waals surface area (Å²) in [5, 5.41) is 8.91. The summed E-state index contributed by atoms with van der Waals surface area (Å²) in [4.78, 5) is 10.8. The maximum absolute atomic E-state index is 10.8. The van der Waals surface area contributed by atoms with E-state index in [1.165, 1.54) is 0 Å². The van der Waals surface area contributed by atoms with E-state index in [1.807, 2.05) is 46.8 Å². The largest absolute Gasteiger partial charge is 0.478 e. The van der Waals surface area contributed by atoms with Gasteiger partial charge in [0.05, 0.1) is 5.56 Å². The highest BCUT2D eigenvalue weighted by atomic mass is 16.4. The van der Waals surface area contributed by atoms with E-state index >= 15 is 0 Å². The lowest BCUT2D eigenvalue weighted by Crippen LogP contribution is -2.03. The Morgan fingerprint density at radius 3 is 2.20 bits per heavy atom. The van der Waals surface area contributed by atoms with Crippen molar-refractivity contribution in [3.05, 3.63) is 34.9 Å². The van der Waals surface area contributed by atoms with Crippen LogP contribution in [0.2, 0.25) is 0 Å². The Morgan fingerprint density at radius 1 is 1.27 bits per heavy atom. The van der Waals surface area contributed by atoms with Gasteiger partial charge in [-0.15, -0.1) is 0 Å². The molecule has 0 atom stereocenters. The number of hydrogen-bond donors (Lipinski definition) is 1.